The molecule has 0 saturated heterocycles. The van der Waals surface area contributed by atoms with Crippen LogP contribution in [0.3, 0.4) is 0 Å². The summed E-state index contributed by atoms with van der Waals surface area (Å²) in [7, 11) is 1.88. The Hall–Kier alpha value is -2.29. The summed E-state index contributed by atoms with van der Waals surface area (Å²) >= 11 is 0. The number of hydrogen-bond donors (Lipinski definition) is 0. The zero-order chi connectivity index (χ0) is 15.4. The molecule has 1 fully saturated rings. The van der Waals surface area contributed by atoms with Gasteiger partial charge in [0.25, 0.3) is 5.91 Å². The lowest BCUT2D eigenvalue weighted by molar-refractivity contribution is 0.0788. The van der Waals surface area contributed by atoms with Gasteiger partial charge in [0.1, 0.15) is 12.4 Å². The second kappa shape index (κ2) is 6.65. The largest absolute Gasteiger partial charge is 0.489 e. The highest BCUT2D eigenvalue weighted by Gasteiger charge is 2.25. The fourth-order valence-corrected chi connectivity index (χ4v) is 2.43. The fourth-order valence-electron chi connectivity index (χ4n) is 2.43. The van der Waals surface area contributed by atoms with Crippen LogP contribution in [0.1, 0.15) is 28.8 Å². The Morgan fingerprint density at radius 3 is 2.41 bits per heavy atom. The van der Waals surface area contributed by atoms with Gasteiger partial charge in [-0.25, -0.2) is 0 Å². The molecule has 0 N–H and O–H groups in total. The van der Waals surface area contributed by atoms with Crippen LogP contribution in [0, 0.1) is 5.92 Å². The van der Waals surface area contributed by atoms with Gasteiger partial charge in [0, 0.05) is 19.2 Å². The van der Waals surface area contributed by atoms with Gasteiger partial charge in [-0.15, -0.1) is 0 Å². The van der Waals surface area contributed by atoms with Crippen LogP contribution in [-0.4, -0.2) is 24.4 Å². The predicted octanol–water partition coefficient (Wildman–Crippen LogP) is 3.75. The molecule has 3 rings (SSSR count). The number of amides is 1. The number of benzene rings is 2. The molecule has 1 aliphatic rings. The summed E-state index contributed by atoms with van der Waals surface area (Å²) in [5, 5.41) is 0. The van der Waals surface area contributed by atoms with Crippen LogP contribution >= 0.6 is 0 Å². The Labute approximate surface area is 131 Å². The third-order valence-corrected chi connectivity index (χ3v) is 3.93. The minimum absolute atomic E-state index is 0.0847. The molecular weight excluding hydrogens is 274 g/mol. The molecule has 0 heterocycles. The van der Waals surface area contributed by atoms with Gasteiger partial charge in [-0.2, -0.15) is 0 Å². The molecule has 0 radical (unpaired) electrons. The normalized spacial score (nSPS) is 13.7. The first-order valence-electron chi connectivity index (χ1n) is 7.74. The minimum Gasteiger partial charge on any atom is -0.489 e. The van der Waals surface area contributed by atoms with Crippen molar-refractivity contribution in [1.82, 2.24) is 4.90 Å². The van der Waals surface area contributed by atoms with Gasteiger partial charge >= 0.3 is 0 Å². The summed E-state index contributed by atoms with van der Waals surface area (Å²) < 4.78 is 5.74. The molecule has 0 unspecified atom stereocenters. The first-order chi connectivity index (χ1) is 10.7. The second-order valence-electron chi connectivity index (χ2n) is 5.93. The van der Waals surface area contributed by atoms with E-state index in [-0.39, 0.29) is 5.91 Å². The number of ether oxygens (including phenoxy) is 1. The van der Waals surface area contributed by atoms with Crippen molar-refractivity contribution in [2.75, 3.05) is 13.6 Å². The van der Waals surface area contributed by atoms with E-state index in [4.69, 9.17) is 4.74 Å². The van der Waals surface area contributed by atoms with Crippen molar-refractivity contribution >= 4 is 5.91 Å². The highest BCUT2D eigenvalue weighted by Crippen LogP contribution is 2.29. The molecule has 1 saturated carbocycles. The minimum atomic E-state index is 0.0847. The fraction of sp³-hybridized carbons (Fsp3) is 0.316. The maximum atomic E-state index is 12.3. The van der Waals surface area contributed by atoms with Crippen molar-refractivity contribution in [3.8, 4) is 5.75 Å². The lowest BCUT2D eigenvalue weighted by atomic mass is 10.2. The van der Waals surface area contributed by atoms with Crippen molar-refractivity contribution in [3.63, 3.8) is 0 Å². The third-order valence-electron chi connectivity index (χ3n) is 3.93. The van der Waals surface area contributed by atoms with Gasteiger partial charge in [0.05, 0.1) is 0 Å². The van der Waals surface area contributed by atoms with Gasteiger partial charge in [-0.3, -0.25) is 4.79 Å². The van der Waals surface area contributed by atoms with Crippen molar-refractivity contribution in [1.29, 1.82) is 0 Å². The topological polar surface area (TPSA) is 29.5 Å². The summed E-state index contributed by atoms with van der Waals surface area (Å²) in [5.74, 6) is 1.58. The van der Waals surface area contributed by atoms with Gasteiger partial charge in [-0.1, -0.05) is 30.3 Å². The summed E-state index contributed by atoms with van der Waals surface area (Å²) in [6.07, 6.45) is 2.51. The van der Waals surface area contributed by atoms with E-state index >= 15 is 0 Å². The monoisotopic (exact) mass is 295 g/mol. The van der Waals surface area contributed by atoms with Crippen LogP contribution in [0.5, 0.6) is 5.75 Å². The molecule has 0 bridgehead atoms. The highest BCUT2D eigenvalue weighted by molar-refractivity contribution is 5.94. The molecule has 114 valence electrons. The maximum absolute atomic E-state index is 12.3. The average Bonchev–Trinajstić information content (AvgIpc) is 3.37. The summed E-state index contributed by atoms with van der Waals surface area (Å²) in [4.78, 5) is 14.1. The Bertz CT molecular complexity index is 618. The summed E-state index contributed by atoms with van der Waals surface area (Å²) in [6, 6.07) is 17.4. The molecule has 2 aromatic carbocycles. The molecule has 1 amide bonds. The summed E-state index contributed by atoms with van der Waals surface area (Å²) in [6.45, 7) is 1.40. The van der Waals surface area contributed by atoms with Crippen LogP contribution in [0.2, 0.25) is 0 Å². The van der Waals surface area contributed by atoms with E-state index < -0.39 is 0 Å². The molecule has 0 atom stereocenters. The number of rotatable bonds is 6. The van der Waals surface area contributed by atoms with Crippen LogP contribution in [-0.2, 0) is 6.61 Å². The van der Waals surface area contributed by atoms with E-state index in [0.717, 1.165) is 23.4 Å². The Kier molecular flexibility index (Phi) is 4.42. The first kappa shape index (κ1) is 14.6. The van der Waals surface area contributed by atoms with E-state index in [1.54, 1.807) is 0 Å². The SMILES string of the molecule is CN(CC1CC1)C(=O)c1ccc(OCc2ccccc2)cc1. The van der Waals surface area contributed by atoms with Gasteiger partial charge in [0.2, 0.25) is 0 Å². The zero-order valence-corrected chi connectivity index (χ0v) is 12.9. The molecule has 22 heavy (non-hydrogen) atoms. The second-order valence-corrected chi connectivity index (χ2v) is 5.93. The van der Waals surface area contributed by atoms with E-state index in [9.17, 15) is 4.79 Å². The van der Waals surface area contributed by atoms with Crippen molar-refractivity contribution in [2.24, 2.45) is 5.92 Å². The quantitative estimate of drug-likeness (QED) is 0.812. The number of nitrogens with zero attached hydrogens (tertiary/aromatic N) is 1. The van der Waals surface area contributed by atoms with Crippen LogP contribution in [0.15, 0.2) is 54.6 Å². The Morgan fingerprint density at radius 1 is 1.09 bits per heavy atom. The van der Waals surface area contributed by atoms with Crippen LogP contribution in [0.4, 0.5) is 0 Å². The van der Waals surface area contributed by atoms with E-state index in [0.29, 0.717) is 12.5 Å². The van der Waals surface area contributed by atoms with E-state index in [1.807, 2.05) is 66.5 Å². The van der Waals surface area contributed by atoms with Crippen LogP contribution in [0.25, 0.3) is 0 Å². The van der Waals surface area contributed by atoms with Gasteiger partial charge < -0.3 is 9.64 Å². The van der Waals surface area contributed by atoms with Crippen LogP contribution < -0.4 is 4.74 Å². The number of carbonyl (C=O) groups is 1. The van der Waals surface area contributed by atoms with E-state index in [2.05, 4.69) is 0 Å². The molecule has 3 nitrogen and oxygen atoms in total. The molecule has 1 aliphatic carbocycles. The number of carbonyl (C=O) groups excluding carboxylic acids is 1. The Balaban J connectivity index is 1.56. The molecule has 0 aliphatic heterocycles. The third kappa shape index (κ3) is 3.88. The standard InChI is InChI=1S/C19H21NO2/c1-20(13-15-7-8-15)19(21)17-9-11-18(12-10-17)22-14-16-5-3-2-4-6-16/h2-6,9-12,15H,7-8,13-14H2,1H3. The Morgan fingerprint density at radius 2 is 1.77 bits per heavy atom. The van der Waals surface area contributed by atoms with Gasteiger partial charge in [0.15, 0.2) is 0 Å². The van der Waals surface area contributed by atoms with Gasteiger partial charge in [-0.05, 0) is 48.6 Å². The maximum Gasteiger partial charge on any atom is 0.253 e. The first-order valence-corrected chi connectivity index (χ1v) is 7.74. The van der Waals surface area contributed by atoms with E-state index in [1.165, 1.54) is 12.8 Å². The summed E-state index contributed by atoms with van der Waals surface area (Å²) in [5.41, 5.74) is 1.85. The van der Waals surface area contributed by atoms with Crippen molar-refractivity contribution < 1.29 is 9.53 Å². The molecule has 0 spiro atoms. The zero-order valence-electron chi connectivity index (χ0n) is 12.9. The molecule has 3 heteroatoms. The average molecular weight is 295 g/mol. The molecule has 0 aromatic heterocycles. The van der Waals surface area contributed by atoms with Crippen molar-refractivity contribution in [3.05, 3.63) is 65.7 Å². The predicted molar refractivity (Wildman–Crippen MR) is 86.9 cm³/mol. The molecular formula is C19H21NO2. The lowest BCUT2D eigenvalue weighted by Crippen LogP contribution is -2.28. The smallest absolute Gasteiger partial charge is 0.253 e. The lowest BCUT2D eigenvalue weighted by Gasteiger charge is -2.17. The molecule has 2 aromatic rings. The highest BCUT2D eigenvalue weighted by atomic mass is 16.5. The van der Waals surface area contributed by atoms with Crippen molar-refractivity contribution in [2.45, 2.75) is 19.4 Å². The number of hydrogen-bond acceptors (Lipinski definition) is 2.